The summed E-state index contributed by atoms with van der Waals surface area (Å²) in [4.78, 5) is 4.60. The lowest BCUT2D eigenvalue weighted by Crippen LogP contribution is -2.01. The first-order valence-electron chi connectivity index (χ1n) is 7.72. The lowest BCUT2D eigenvalue weighted by molar-refractivity contribution is 0.619. The van der Waals surface area contributed by atoms with Crippen molar-refractivity contribution < 1.29 is 0 Å². The van der Waals surface area contributed by atoms with Crippen LogP contribution in [0.25, 0.3) is 21.7 Å². The first-order chi connectivity index (χ1) is 9.93. The molecule has 0 aliphatic heterocycles. The highest BCUT2D eigenvalue weighted by Gasteiger charge is 2.12. The van der Waals surface area contributed by atoms with Crippen LogP contribution in [0.5, 0.6) is 0 Å². The van der Waals surface area contributed by atoms with Crippen molar-refractivity contribution in [3.8, 4) is 0 Å². The van der Waals surface area contributed by atoms with E-state index in [9.17, 15) is 0 Å². The fourth-order valence-electron chi connectivity index (χ4n) is 3.56. The molecule has 3 aromatic rings. The molecular weight excluding hydrogens is 242 g/mol. The second-order valence-electron chi connectivity index (χ2n) is 5.86. The van der Waals surface area contributed by atoms with Gasteiger partial charge < -0.3 is 0 Å². The van der Waals surface area contributed by atoms with Gasteiger partial charge in [-0.2, -0.15) is 0 Å². The summed E-state index contributed by atoms with van der Waals surface area (Å²) in [5, 5.41) is 4.07. The molecule has 2 aromatic carbocycles. The number of rotatable bonds is 0. The highest BCUT2D eigenvalue weighted by atomic mass is 14.6. The van der Waals surface area contributed by atoms with Crippen molar-refractivity contribution in [2.24, 2.45) is 0 Å². The molecule has 0 N–H and O–H groups in total. The topological polar surface area (TPSA) is 12.9 Å². The van der Waals surface area contributed by atoms with Gasteiger partial charge >= 0.3 is 0 Å². The fourth-order valence-corrected chi connectivity index (χ4v) is 3.56. The van der Waals surface area contributed by atoms with Gasteiger partial charge in [0.1, 0.15) is 0 Å². The first kappa shape index (κ1) is 11.9. The van der Waals surface area contributed by atoms with Gasteiger partial charge in [-0.1, -0.05) is 43.2 Å². The van der Waals surface area contributed by atoms with Crippen molar-refractivity contribution in [3.63, 3.8) is 0 Å². The van der Waals surface area contributed by atoms with E-state index in [4.69, 9.17) is 0 Å². The quantitative estimate of drug-likeness (QED) is 0.516. The number of benzene rings is 2. The summed E-state index contributed by atoms with van der Waals surface area (Å²) in [6.07, 6.45) is 9.91. The van der Waals surface area contributed by atoms with Crippen LogP contribution in [0.4, 0.5) is 0 Å². The normalized spacial score (nSPS) is 15.8. The Labute approximate surface area is 119 Å². The van der Waals surface area contributed by atoms with Gasteiger partial charge in [-0.15, -0.1) is 0 Å². The van der Waals surface area contributed by atoms with Crippen LogP contribution in [-0.2, 0) is 12.8 Å². The Morgan fingerprint density at radius 1 is 0.800 bits per heavy atom. The van der Waals surface area contributed by atoms with Crippen molar-refractivity contribution in [2.75, 3.05) is 0 Å². The van der Waals surface area contributed by atoms with Crippen LogP contribution in [0.1, 0.15) is 36.8 Å². The van der Waals surface area contributed by atoms with Crippen molar-refractivity contribution >= 4 is 21.7 Å². The van der Waals surface area contributed by atoms with Gasteiger partial charge in [0.2, 0.25) is 0 Å². The monoisotopic (exact) mass is 261 g/mol. The molecule has 0 unspecified atom stereocenters. The molecule has 100 valence electrons. The SMILES string of the molecule is c1ccc2c(c1)ncc1ccc3c(c12)CCCCCC3. The molecule has 0 amide bonds. The Morgan fingerprint density at radius 3 is 2.60 bits per heavy atom. The van der Waals surface area contributed by atoms with Crippen molar-refractivity contribution in [2.45, 2.75) is 38.5 Å². The minimum absolute atomic E-state index is 1.12. The largest absolute Gasteiger partial charge is 0.256 e. The molecule has 1 nitrogen and oxygen atoms in total. The third-order valence-corrected chi connectivity index (χ3v) is 4.58. The van der Waals surface area contributed by atoms with Gasteiger partial charge in [-0.3, -0.25) is 4.98 Å². The lowest BCUT2D eigenvalue weighted by Gasteiger charge is -2.17. The Balaban J connectivity index is 2.09. The minimum Gasteiger partial charge on any atom is -0.256 e. The zero-order valence-corrected chi connectivity index (χ0v) is 11.7. The van der Waals surface area contributed by atoms with E-state index < -0.39 is 0 Å². The molecule has 0 fully saturated rings. The van der Waals surface area contributed by atoms with Crippen LogP contribution in [0.3, 0.4) is 0 Å². The zero-order chi connectivity index (χ0) is 13.4. The van der Waals surface area contributed by atoms with E-state index in [0.29, 0.717) is 0 Å². The molecule has 0 saturated carbocycles. The van der Waals surface area contributed by atoms with E-state index in [1.54, 1.807) is 11.1 Å². The molecule has 0 bridgehead atoms. The average Bonchev–Trinajstić information content (AvgIpc) is 2.47. The maximum atomic E-state index is 4.60. The number of hydrogen-bond acceptors (Lipinski definition) is 1. The maximum Gasteiger partial charge on any atom is 0.0708 e. The number of aryl methyl sites for hydroxylation is 2. The molecule has 1 aliphatic rings. The molecule has 1 heteroatoms. The summed E-state index contributed by atoms with van der Waals surface area (Å²) in [6, 6.07) is 13.1. The third kappa shape index (κ3) is 1.89. The molecular formula is C19H19N. The predicted octanol–water partition coefficient (Wildman–Crippen LogP) is 5.05. The van der Waals surface area contributed by atoms with Gasteiger partial charge in [-0.25, -0.2) is 0 Å². The minimum atomic E-state index is 1.12. The average molecular weight is 261 g/mol. The van der Waals surface area contributed by atoms with Gasteiger partial charge in [0.25, 0.3) is 0 Å². The summed E-state index contributed by atoms with van der Waals surface area (Å²) < 4.78 is 0. The highest BCUT2D eigenvalue weighted by Crippen LogP contribution is 2.32. The van der Waals surface area contributed by atoms with E-state index in [1.807, 2.05) is 6.20 Å². The van der Waals surface area contributed by atoms with Crippen LogP contribution in [0.2, 0.25) is 0 Å². The molecule has 0 atom stereocenters. The molecule has 0 radical (unpaired) electrons. The number of aromatic nitrogens is 1. The van der Waals surface area contributed by atoms with Crippen molar-refractivity contribution in [1.29, 1.82) is 0 Å². The Hall–Kier alpha value is -1.89. The maximum absolute atomic E-state index is 4.60. The Kier molecular flexibility index (Phi) is 2.91. The summed E-state index contributed by atoms with van der Waals surface area (Å²) in [7, 11) is 0. The molecule has 0 spiro atoms. The van der Waals surface area contributed by atoms with Gasteiger partial charge in [0, 0.05) is 17.0 Å². The van der Waals surface area contributed by atoms with Crippen molar-refractivity contribution in [1.82, 2.24) is 4.98 Å². The molecule has 1 aliphatic carbocycles. The standard InChI is InChI=1S/C19H19N/c1-2-4-8-16-14(7-3-1)11-12-15-13-20-18-10-6-5-9-17(18)19(15)16/h5-6,9-13H,1-4,7-8H2. The van der Waals surface area contributed by atoms with E-state index in [0.717, 1.165) is 5.52 Å². The number of fused-ring (bicyclic) bond motifs is 5. The number of nitrogens with zero attached hydrogens (tertiary/aromatic N) is 1. The second kappa shape index (κ2) is 4.90. The second-order valence-corrected chi connectivity index (χ2v) is 5.86. The van der Waals surface area contributed by atoms with Gasteiger partial charge in [0.05, 0.1) is 5.52 Å². The van der Waals surface area contributed by atoms with E-state index in [-0.39, 0.29) is 0 Å². The molecule has 4 rings (SSSR count). The predicted molar refractivity (Wildman–Crippen MR) is 85.1 cm³/mol. The van der Waals surface area contributed by atoms with Crippen LogP contribution in [0, 0.1) is 0 Å². The molecule has 1 heterocycles. The van der Waals surface area contributed by atoms with Crippen LogP contribution in [0.15, 0.2) is 42.6 Å². The van der Waals surface area contributed by atoms with Crippen molar-refractivity contribution in [3.05, 3.63) is 53.7 Å². The summed E-state index contributed by atoms with van der Waals surface area (Å²) in [6.45, 7) is 0. The summed E-state index contributed by atoms with van der Waals surface area (Å²) in [5.74, 6) is 0. The van der Waals surface area contributed by atoms with Crippen LogP contribution in [-0.4, -0.2) is 4.98 Å². The van der Waals surface area contributed by atoms with Crippen LogP contribution < -0.4 is 0 Å². The number of hydrogen-bond donors (Lipinski definition) is 0. The lowest BCUT2D eigenvalue weighted by atomic mass is 9.88. The highest BCUT2D eigenvalue weighted by molar-refractivity contribution is 6.07. The van der Waals surface area contributed by atoms with E-state index in [1.165, 1.54) is 54.7 Å². The van der Waals surface area contributed by atoms with Gasteiger partial charge in [0.15, 0.2) is 0 Å². The van der Waals surface area contributed by atoms with Crippen LogP contribution >= 0.6 is 0 Å². The molecule has 1 aromatic heterocycles. The fraction of sp³-hybridized carbons (Fsp3) is 0.316. The van der Waals surface area contributed by atoms with Gasteiger partial charge in [-0.05, 0) is 48.3 Å². The Morgan fingerprint density at radius 2 is 1.65 bits per heavy atom. The Bertz CT molecular complexity index is 773. The summed E-state index contributed by atoms with van der Waals surface area (Å²) in [5.41, 5.74) is 4.27. The third-order valence-electron chi connectivity index (χ3n) is 4.58. The zero-order valence-electron chi connectivity index (χ0n) is 11.7. The van der Waals surface area contributed by atoms with E-state index >= 15 is 0 Å². The summed E-state index contributed by atoms with van der Waals surface area (Å²) >= 11 is 0. The van der Waals surface area contributed by atoms with E-state index in [2.05, 4.69) is 41.4 Å². The molecule has 20 heavy (non-hydrogen) atoms. The first-order valence-corrected chi connectivity index (χ1v) is 7.72. The molecule has 0 saturated heterocycles. The number of para-hydroxylation sites is 1. The number of pyridine rings is 1. The smallest absolute Gasteiger partial charge is 0.0708 e.